The SMILES string of the molecule is O=C(c1scnc1C1CCCC1)N1C[C@@H]2Oc3c(F)ccc(F)c3O[C@@H]2C1. The molecule has 0 unspecified atom stereocenters. The Morgan fingerprint density at radius 2 is 1.67 bits per heavy atom. The highest BCUT2D eigenvalue weighted by Crippen LogP contribution is 2.41. The molecule has 1 amide bonds. The molecule has 1 saturated carbocycles. The first kappa shape index (κ1) is 16.9. The molecule has 142 valence electrons. The van der Waals surface area contributed by atoms with Crippen LogP contribution in [0.2, 0.25) is 0 Å². The van der Waals surface area contributed by atoms with Crippen LogP contribution in [0, 0.1) is 11.6 Å². The largest absolute Gasteiger partial charge is 0.478 e. The second kappa shape index (κ2) is 6.44. The molecule has 2 aliphatic heterocycles. The maximum atomic E-state index is 14.0. The van der Waals surface area contributed by atoms with Gasteiger partial charge in [0.2, 0.25) is 11.5 Å². The van der Waals surface area contributed by atoms with E-state index in [4.69, 9.17) is 9.47 Å². The number of thiazole rings is 1. The zero-order valence-electron chi connectivity index (χ0n) is 14.5. The van der Waals surface area contributed by atoms with Crippen molar-refractivity contribution >= 4 is 17.2 Å². The Kier molecular flexibility index (Phi) is 4.03. The number of carbonyl (C=O) groups excluding carboxylic acids is 1. The van der Waals surface area contributed by atoms with E-state index < -0.39 is 23.8 Å². The second-order valence-electron chi connectivity index (χ2n) is 7.26. The summed E-state index contributed by atoms with van der Waals surface area (Å²) in [6.07, 6.45) is 3.44. The summed E-state index contributed by atoms with van der Waals surface area (Å²) in [5.74, 6) is -1.52. The zero-order valence-corrected chi connectivity index (χ0v) is 15.3. The Balaban J connectivity index is 1.37. The molecule has 27 heavy (non-hydrogen) atoms. The molecule has 0 N–H and O–H groups in total. The molecule has 2 aromatic rings. The van der Waals surface area contributed by atoms with Gasteiger partial charge in [0, 0.05) is 5.92 Å². The first-order valence-electron chi connectivity index (χ1n) is 9.16. The maximum absolute atomic E-state index is 14.0. The monoisotopic (exact) mass is 392 g/mol. The summed E-state index contributed by atoms with van der Waals surface area (Å²) in [6, 6.07) is 2.03. The lowest BCUT2D eigenvalue weighted by Gasteiger charge is -2.28. The van der Waals surface area contributed by atoms with E-state index in [2.05, 4.69) is 4.98 Å². The van der Waals surface area contributed by atoms with Crippen LogP contribution < -0.4 is 9.47 Å². The summed E-state index contributed by atoms with van der Waals surface area (Å²) in [5.41, 5.74) is 2.61. The molecule has 3 heterocycles. The summed E-state index contributed by atoms with van der Waals surface area (Å²) < 4.78 is 39.2. The number of benzene rings is 1. The number of likely N-dealkylation sites (tertiary alicyclic amines) is 1. The van der Waals surface area contributed by atoms with Crippen molar-refractivity contribution in [3.05, 3.63) is 39.8 Å². The summed E-state index contributed by atoms with van der Waals surface area (Å²) in [7, 11) is 0. The molecular formula is C19H18F2N2O3S. The summed E-state index contributed by atoms with van der Waals surface area (Å²) in [5, 5.41) is 0. The summed E-state index contributed by atoms with van der Waals surface area (Å²) >= 11 is 1.35. The number of hydrogen-bond acceptors (Lipinski definition) is 5. The van der Waals surface area contributed by atoms with Crippen LogP contribution in [0.15, 0.2) is 17.6 Å². The van der Waals surface area contributed by atoms with Crippen molar-refractivity contribution in [3.63, 3.8) is 0 Å². The number of ether oxygens (including phenoxy) is 2. The number of rotatable bonds is 2. The highest BCUT2D eigenvalue weighted by molar-refractivity contribution is 7.11. The van der Waals surface area contributed by atoms with Crippen molar-refractivity contribution in [1.29, 1.82) is 0 Å². The molecule has 1 aromatic heterocycles. The van der Waals surface area contributed by atoms with Crippen molar-refractivity contribution in [1.82, 2.24) is 9.88 Å². The van der Waals surface area contributed by atoms with Gasteiger partial charge in [0.05, 0.1) is 24.3 Å². The first-order chi connectivity index (χ1) is 13.1. The van der Waals surface area contributed by atoms with Gasteiger partial charge in [-0.05, 0) is 25.0 Å². The molecule has 1 saturated heterocycles. The molecule has 5 nitrogen and oxygen atoms in total. The van der Waals surface area contributed by atoms with Crippen LogP contribution in [0.4, 0.5) is 8.78 Å². The lowest BCUT2D eigenvalue weighted by molar-refractivity contribution is 0.0467. The third-order valence-corrected chi connectivity index (χ3v) is 6.42. The number of nitrogens with zero attached hydrogens (tertiary/aromatic N) is 2. The number of hydrogen-bond donors (Lipinski definition) is 0. The van der Waals surface area contributed by atoms with Gasteiger partial charge in [-0.25, -0.2) is 13.8 Å². The average molecular weight is 392 g/mol. The van der Waals surface area contributed by atoms with Gasteiger partial charge in [-0.15, -0.1) is 11.3 Å². The minimum absolute atomic E-state index is 0.106. The third-order valence-electron chi connectivity index (χ3n) is 5.59. The zero-order chi connectivity index (χ0) is 18.5. The predicted molar refractivity (Wildman–Crippen MR) is 94.4 cm³/mol. The Bertz CT molecular complexity index is 858. The van der Waals surface area contributed by atoms with Crippen LogP contribution in [0.3, 0.4) is 0 Å². The van der Waals surface area contributed by atoms with E-state index in [1.54, 1.807) is 10.4 Å². The molecule has 1 aliphatic carbocycles. The van der Waals surface area contributed by atoms with E-state index in [1.807, 2.05) is 0 Å². The standard InChI is InChI=1S/C19H18F2N2O3S/c20-11-5-6-12(21)17-16(11)25-13-7-23(8-14(13)26-17)19(24)18-15(22-9-27-18)10-3-1-2-4-10/h5-6,9-10,13-14H,1-4,7-8H2/t13-,14+. The number of aromatic nitrogens is 1. The molecule has 0 radical (unpaired) electrons. The van der Waals surface area contributed by atoms with Crippen molar-refractivity contribution < 1.29 is 23.0 Å². The summed E-state index contributed by atoms with van der Waals surface area (Å²) in [6.45, 7) is 0.557. The van der Waals surface area contributed by atoms with Gasteiger partial charge < -0.3 is 14.4 Å². The molecule has 5 rings (SSSR count). The van der Waals surface area contributed by atoms with Gasteiger partial charge in [0.15, 0.2) is 23.8 Å². The fraction of sp³-hybridized carbons (Fsp3) is 0.474. The minimum Gasteiger partial charge on any atom is -0.478 e. The van der Waals surface area contributed by atoms with Gasteiger partial charge >= 0.3 is 0 Å². The van der Waals surface area contributed by atoms with Crippen LogP contribution >= 0.6 is 11.3 Å². The molecule has 0 spiro atoms. The lowest BCUT2D eigenvalue weighted by Crippen LogP contribution is -2.39. The highest BCUT2D eigenvalue weighted by atomic mass is 32.1. The molecule has 2 atom stereocenters. The Hall–Kier alpha value is -2.22. The van der Waals surface area contributed by atoms with Crippen LogP contribution in [0.1, 0.15) is 47.0 Å². The van der Waals surface area contributed by atoms with Crippen LogP contribution in [-0.4, -0.2) is 41.1 Å². The average Bonchev–Trinajstić information content (AvgIpc) is 3.42. The molecule has 0 bridgehead atoms. The molecule has 3 aliphatic rings. The second-order valence-corrected chi connectivity index (χ2v) is 8.11. The number of halogens is 2. The summed E-state index contributed by atoms with van der Waals surface area (Å²) in [4.78, 5) is 19.8. The fourth-order valence-corrected chi connectivity index (χ4v) is 5.06. The highest BCUT2D eigenvalue weighted by Gasteiger charge is 2.44. The molecular weight excluding hydrogens is 374 g/mol. The number of fused-ring (bicyclic) bond motifs is 2. The smallest absolute Gasteiger partial charge is 0.266 e. The van der Waals surface area contributed by atoms with Gasteiger partial charge in [-0.1, -0.05) is 12.8 Å². The fourth-order valence-electron chi connectivity index (χ4n) is 4.22. The number of amides is 1. The Labute approximate surface area is 158 Å². The van der Waals surface area contributed by atoms with E-state index in [0.29, 0.717) is 10.8 Å². The minimum atomic E-state index is -0.666. The lowest BCUT2D eigenvalue weighted by atomic mass is 10.0. The van der Waals surface area contributed by atoms with Gasteiger partial charge in [0.1, 0.15) is 4.88 Å². The van der Waals surface area contributed by atoms with E-state index >= 15 is 0 Å². The van der Waals surface area contributed by atoms with Crippen molar-refractivity contribution in [3.8, 4) is 11.5 Å². The topological polar surface area (TPSA) is 51.7 Å². The van der Waals surface area contributed by atoms with E-state index in [1.165, 1.54) is 24.2 Å². The van der Waals surface area contributed by atoms with E-state index in [-0.39, 0.29) is 30.5 Å². The van der Waals surface area contributed by atoms with Crippen molar-refractivity contribution in [2.75, 3.05) is 13.1 Å². The molecule has 8 heteroatoms. The quantitative estimate of drug-likeness (QED) is 0.781. The number of carbonyl (C=O) groups is 1. The first-order valence-corrected chi connectivity index (χ1v) is 10.0. The Morgan fingerprint density at radius 3 is 2.26 bits per heavy atom. The van der Waals surface area contributed by atoms with Crippen LogP contribution in [0.5, 0.6) is 11.5 Å². The molecule has 2 fully saturated rings. The molecule has 1 aromatic carbocycles. The van der Waals surface area contributed by atoms with Crippen molar-refractivity contribution in [2.24, 2.45) is 0 Å². The Morgan fingerprint density at radius 1 is 1.07 bits per heavy atom. The third kappa shape index (κ3) is 2.77. The van der Waals surface area contributed by atoms with E-state index in [9.17, 15) is 13.6 Å². The van der Waals surface area contributed by atoms with Crippen LogP contribution in [-0.2, 0) is 0 Å². The van der Waals surface area contributed by atoms with Gasteiger partial charge in [-0.2, -0.15) is 0 Å². The van der Waals surface area contributed by atoms with Crippen LogP contribution in [0.25, 0.3) is 0 Å². The van der Waals surface area contributed by atoms with Gasteiger partial charge in [0.25, 0.3) is 5.91 Å². The normalized spacial score (nSPS) is 24.3. The van der Waals surface area contributed by atoms with E-state index in [0.717, 1.165) is 30.7 Å². The maximum Gasteiger partial charge on any atom is 0.266 e. The van der Waals surface area contributed by atoms with Crippen molar-refractivity contribution in [2.45, 2.75) is 43.8 Å². The predicted octanol–water partition coefficient (Wildman–Crippen LogP) is 3.74. The van der Waals surface area contributed by atoms with Gasteiger partial charge in [-0.3, -0.25) is 4.79 Å².